The van der Waals surface area contributed by atoms with Crippen LogP contribution in [-0.4, -0.2) is 62.5 Å². The fourth-order valence-electron chi connectivity index (χ4n) is 3.75. The van der Waals surface area contributed by atoms with Crippen LogP contribution in [-0.2, 0) is 10.0 Å². The zero-order valence-corrected chi connectivity index (χ0v) is 16.1. The number of benzene rings is 1. The van der Waals surface area contributed by atoms with Gasteiger partial charge in [-0.25, -0.2) is 17.5 Å². The van der Waals surface area contributed by atoms with Gasteiger partial charge in [-0.2, -0.15) is 0 Å². The minimum absolute atomic E-state index is 0.0804. The van der Waals surface area contributed by atoms with Crippen molar-refractivity contribution < 1.29 is 31.1 Å². The number of halogens is 3. The maximum absolute atomic E-state index is 12.5. The first-order valence-electron chi connectivity index (χ1n) is 8.83. The summed E-state index contributed by atoms with van der Waals surface area (Å²) < 4.78 is 65.1. The number of nitrogens with one attached hydrogen (secondary N) is 1. The number of alkyl halides is 3. The molecular weight excluding hydrogens is 399 g/mol. The molecule has 2 aliphatic heterocycles. The highest BCUT2D eigenvalue weighted by molar-refractivity contribution is 7.88. The summed E-state index contributed by atoms with van der Waals surface area (Å²) in [5.41, 5.74) is 0.288. The number of amides is 2. The number of nitrogens with zero attached hydrogens (tertiary/aromatic N) is 2. The lowest BCUT2D eigenvalue weighted by Crippen LogP contribution is -2.44. The van der Waals surface area contributed by atoms with Crippen LogP contribution in [0.25, 0.3) is 0 Å². The molecule has 3 rings (SSSR count). The molecule has 0 saturated carbocycles. The molecule has 28 heavy (non-hydrogen) atoms. The molecule has 2 fully saturated rings. The van der Waals surface area contributed by atoms with Gasteiger partial charge in [-0.05, 0) is 48.9 Å². The normalized spacial score (nSPS) is 20.4. The molecule has 0 unspecified atom stereocenters. The van der Waals surface area contributed by atoms with E-state index in [9.17, 15) is 26.4 Å². The first-order chi connectivity index (χ1) is 13.0. The molecule has 1 aromatic rings. The van der Waals surface area contributed by atoms with Crippen molar-refractivity contribution in [3.8, 4) is 5.75 Å². The monoisotopic (exact) mass is 421 g/mol. The van der Waals surface area contributed by atoms with E-state index in [0.29, 0.717) is 44.7 Å². The molecule has 2 amide bonds. The van der Waals surface area contributed by atoms with E-state index in [-0.39, 0.29) is 17.2 Å². The summed E-state index contributed by atoms with van der Waals surface area (Å²) in [6.45, 7) is 2.00. The summed E-state index contributed by atoms with van der Waals surface area (Å²) in [4.78, 5) is 14.1. The first-order valence-corrected chi connectivity index (χ1v) is 10.7. The second-order valence-corrected chi connectivity index (χ2v) is 9.32. The van der Waals surface area contributed by atoms with Crippen molar-refractivity contribution in [2.24, 2.45) is 5.41 Å². The van der Waals surface area contributed by atoms with Gasteiger partial charge in [-0.1, -0.05) is 0 Å². The Morgan fingerprint density at radius 2 is 1.68 bits per heavy atom. The van der Waals surface area contributed by atoms with Gasteiger partial charge < -0.3 is 15.0 Å². The number of ether oxygens (including phenoxy) is 1. The SMILES string of the molecule is CS(=O)(=O)N1CCC2(CCN(C(=O)Nc3ccc(OC(F)(F)F)cc3)C2)CC1. The zero-order valence-electron chi connectivity index (χ0n) is 15.3. The number of sulfonamides is 1. The van der Waals surface area contributed by atoms with E-state index in [1.54, 1.807) is 4.90 Å². The van der Waals surface area contributed by atoms with Crippen LogP contribution in [0.5, 0.6) is 5.75 Å². The van der Waals surface area contributed by atoms with Gasteiger partial charge in [-0.15, -0.1) is 13.2 Å². The van der Waals surface area contributed by atoms with Gasteiger partial charge in [-0.3, -0.25) is 0 Å². The van der Waals surface area contributed by atoms with E-state index in [0.717, 1.165) is 18.6 Å². The molecule has 0 radical (unpaired) electrons. The Labute approximate surface area is 161 Å². The van der Waals surface area contributed by atoms with E-state index in [2.05, 4.69) is 10.1 Å². The number of urea groups is 1. The number of rotatable bonds is 3. The van der Waals surface area contributed by atoms with Gasteiger partial charge in [0, 0.05) is 31.9 Å². The van der Waals surface area contributed by atoms with Crippen LogP contribution < -0.4 is 10.1 Å². The summed E-state index contributed by atoms with van der Waals surface area (Å²) in [7, 11) is -3.20. The molecule has 2 heterocycles. The number of hydrogen-bond donors (Lipinski definition) is 1. The molecule has 1 N–H and O–H groups in total. The van der Waals surface area contributed by atoms with Crippen LogP contribution in [0.2, 0.25) is 0 Å². The molecule has 0 aliphatic carbocycles. The highest BCUT2D eigenvalue weighted by atomic mass is 32.2. The van der Waals surface area contributed by atoms with Gasteiger partial charge in [0.05, 0.1) is 6.26 Å². The van der Waals surface area contributed by atoms with Crippen molar-refractivity contribution in [2.45, 2.75) is 25.6 Å². The molecule has 1 aromatic carbocycles. The lowest BCUT2D eigenvalue weighted by Gasteiger charge is -2.38. The number of hydrogen-bond acceptors (Lipinski definition) is 4. The van der Waals surface area contributed by atoms with E-state index in [1.165, 1.54) is 22.7 Å². The van der Waals surface area contributed by atoms with Crippen LogP contribution in [0.1, 0.15) is 19.3 Å². The molecule has 0 aromatic heterocycles. The molecule has 2 saturated heterocycles. The third-order valence-electron chi connectivity index (χ3n) is 5.32. The molecule has 0 atom stereocenters. The number of carbonyl (C=O) groups excluding carboxylic acids is 1. The van der Waals surface area contributed by atoms with Crippen molar-refractivity contribution in [2.75, 3.05) is 37.8 Å². The van der Waals surface area contributed by atoms with E-state index in [1.807, 2.05) is 0 Å². The van der Waals surface area contributed by atoms with Crippen molar-refractivity contribution in [1.29, 1.82) is 0 Å². The second-order valence-electron chi connectivity index (χ2n) is 7.34. The predicted molar refractivity (Wildman–Crippen MR) is 96.4 cm³/mol. The molecule has 0 bridgehead atoms. The summed E-state index contributed by atoms with van der Waals surface area (Å²) in [5.74, 6) is -0.358. The number of anilines is 1. The Hall–Kier alpha value is -2.01. The molecule has 2 aliphatic rings. The van der Waals surface area contributed by atoms with Gasteiger partial charge in [0.25, 0.3) is 0 Å². The smallest absolute Gasteiger partial charge is 0.406 e. The molecule has 11 heteroatoms. The Morgan fingerprint density at radius 1 is 1.11 bits per heavy atom. The lowest BCUT2D eigenvalue weighted by molar-refractivity contribution is -0.274. The standard InChI is InChI=1S/C17H22F3N3O4S/c1-28(25,26)23-10-7-16(8-11-23)6-9-22(12-16)15(24)21-13-2-4-14(5-3-13)27-17(18,19)20/h2-5H,6-12H2,1H3,(H,21,24). The summed E-state index contributed by atoms with van der Waals surface area (Å²) in [6.07, 6.45) is -1.36. The average Bonchev–Trinajstić information content (AvgIpc) is 2.99. The largest absolute Gasteiger partial charge is 0.573 e. The van der Waals surface area contributed by atoms with Crippen LogP contribution in [0, 0.1) is 5.41 Å². The Kier molecular flexibility index (Phi) is 5.50. The summed E-state index contributed by atoms with van der Waals surface area (Å²) >= 11 is 0. The molecular formula is C17H22F3N3O4S. The van der Waals surface area contributed by atoms with E-state index >= 15 is 0 Å². The highest BCUT2D eigenvalue weighted by Gasteiger charge is 2.43. The van der Waals surface area contributed by atoms with Crippen molar-refractivity contribution in [3.63, 3.8) is 0 Å². The first kappa shape index (κ1) is 20.7. The van der Waals surface area contributed by atoms with Crippen LogP contribution in [0.4, 0.5) is 23.7 Å². The van der Waals surface area contributed by atoms with Crippen molar-refractivity contribution in [1.82, 2.24) is 9.21 Å². The molecule has 1 spiro atoms. The fraction of sp³-hybridized carbons (Fsp3) is 0.588. The van der Waals surface area contributed by atoms with Gasteiger partial charge in [0.2, 0.25) is 10.0 Å². The molecule has 7 nitrogen and oxygen atoms in total. The number of piperidine rings is 1. The van der Waals surface area contributed by atoms with E-state index in [4.69, 9.17) is 0 Å². The van der Waals surface area contributed by atoms with Gasteiger partial charge >= 0.3 is 12.4 Å². The van der Waals surface area contributed by atoms with Crippen molar-refractivity contribution >= 4 is 21.7 Å². The Balaban J connectivity index is 1.54. The van der Waals surface area contributed by atoms with Crippen molar-refractivity contribution in [3.05, 3.63) is 24.3 Å². The maximum Gasteiger partial charge on any atom is 0.573 e. The Bertz CT molecular complexity index is 819. The number of likely N-dealkylation sites (tertiary alicyclic amines) is 1. The molecule has 156 valence electrons. The Morgan fingerprint density at radius 3 is 2.21 bits per heavy atom. The minimum atomic E-state index is -4.76. The third-order valence-corrected chi connectivity index (χ3v) is 6.62. The number of carbonyl (C=O) groups is 1. The topological polar surface area (TPSA) is 79.0 Å². The minimum Gasteiger partial charge on any atom is -0.406 e. The zero-order chi connectivity index (χ0) is 20.6. The summed E-state index contributed by atoms with van der Waals surface area (Å²) in [6, 6.07) is 4.63. The van der Waals surface area contributed by atoms with Crippen LogP contribution >= 0.6 is 0 Å². The quantitative estimate of drug-likeness (QED) is 0.814. The van der Waals surface area contributed by atoms with Crippen LogP contribution in [0.15, 0.2) is 24.3 Å². The van der Waals surface area contributed by atoms with Gasteiger partial charge in [0.1, 0.15) is 5.75 Å². The fourth-order valence-corrected chi connectivity index (χ4v) is 4.60. The second kappa shape index (κ2) is 7.43. The van der Waals surface area contributed by atoms with E-state index < -0.39 is 16.4 Å². The highest BCUT2D eigenvalue weighted by Crippen LogP contribution is 2.41. The summed E-state index contributed by atoms with van der Waals surface area (Å²) in [5, 5.41) is 2.67. The third kappa shape index (κ3) is 5.07. The lowest BCUT2D eigenvalue weighted by atomic mass is 9.78. The average molecular weight is 421 g/mol. The maximum atomic E-state index is 12.5. The van der Waals surface area contributed by atoms with Gasteiger partial charge in [0.15, 0.2) is 0 Å². The predicted octanol–water partition coefficient (Wildman–Crippen LogP) is 2.86. The van der Waals surface area contributed by atoms with Crippen LogP contribution in [0.3, 0.4) is 0 Å².